The molecule has 4 aliphatic rings. The number of fused-ring (bicyclic) bond motifs is 5. The molecule has 0 aromatic carbocycles. The van der Waals surface area contributed by atoms with Gasteiger partial charge in [0.25, 0.3) is 0 Å². The zero-order chi connectivity index (χ0) is 14.0. The molecule has 6 atom stereocenters. The number of esters is 1. The van der Waals surface area contributed by atoms with E-state index in [1.165, 1.54) is 38.5 Å². The third kappa shape index (κ3) is 1.66. The summed E-state index contributed by atoms with van der Waals surface area (Å²) in [7, 11) is 0. The van der Waals surface area contributed by atoms with E-state index in [9.17, 15) is 4.79 Å². The van der Waals surface area contributed by atoms with Crippen molar-refractivity contribution in [3.8, 4) is 0 Å². The monoisotopic (exact) mass is 276 g/mol. The van der Waals surface area contributed by atoms with E-state index in [-0.39, 0.29) is 17.5 Å². The second-order valence-corrected chi connectivity index (χ2v) is 8.52. The number of carbonyl (C=O) groups is 1. The van der Waals surface area contributed by atoms with Crippen molar-refractivity contribution in [2.24, 2.45) is 28.6 Å². The lowest BCUT2D eigenvalue weighted by molar-refractivity contribution is -0.190. The summed E-state index contributed by atoms with van der Waals surface area (Å²) in [4.78, 5) is 11.6. The molecule has 3 saturated carbocycles. The van der Waals surface area contributed by atoms with Crippen LogP contribution >= 0.6 is 0 Å². The molecular formula is C18H28O2. The molecule has 20 heavy (non-hydrogen) atoms. The van der Waals surface area contributed by atoms with Crippen molar-refractivity contribution in [2.75, 3.05) is 0 Å². The lowest BCUT2D eigenvalue weighted by atomic mass is 9.48. The fraction of sp³-hybridized carbons (Fsp3) is 0.944. The Balaban J connectivity index is 1.64. The van der Waals surface area contributed by atoms with Gasteiger partial charge >= 0.3 is 5.97 Å². The van der Waals surface area contributed by atoms with E-state index in [1.807, 2.05) is 0 Å². The summed E-state index contributed by atoms with van der Waals surface area (Å²) in [5, 5.41) is 0. The topological polar surface area (TPSA) is 26.3 Å². The molecule has 1 aliphatic heterocycles. The fourth-order valence-corrected chi connectivity index (χ4v) is 6.54. The van der Waals surface area contributed by atoms with E-state index >= 15 is 0 Å². The molecule has 1 heterocycles. The van der Waals surface area contributed by atoms with Crippen LogP contribution < -0.4 is 0 Å². The van der Waals surface area contributed by atoms with E-state index in [0.29, 0.717) is 11.8 Å². The van der Waals surface area contributed by atoms with Crippen molar-refractivity contribution in [1.82, 2.24) is 0 Å². The summed E-state index contributed by atoms with van der Waals surface area (Å²) in [5.41, 5.74) is 0.913. The average Bonchev–Trinajstić information content (AvgIpc) is 2.81. The van der Waals surface area contributed by atoms with Crippen molar-refractivity contribution >= 4 is 5.97 Å². The zero-order valence-electron chi connectivity index (χ0n) is 13.0. The van der Waals surface area contributed by atoms with Gasteiger partial charge in [0, 0.05) is 11.8 Å². The van der Waals surface area contributed by atoms with Crippen LogP contribution in [0.25, 0.3) is 0 Å². The maximum Gasteiger partial charge on any atom is 0.306 e. The lowest BCUT2D eigenvalue weighted by Gasteiger charge is -2.58. The van der Waals surface area contributed by atoms with Gasteiger partial charge < -0.3 is 4.74 Å². The third-order valence-corrected chi connectivity index (χ3v) is 7.70. The van der Waals surface area contributed by atoms with Gasteiger partial charge in [0.15, 0.2) is 0 Å². The fourth-order valence-electron chi connectivity index (χ4n) is 6.54. The van der Waals surface area contributed by atoms with Crippen molar-refractivity contribution in [2.45, 2.75) is 77.7 Å². The van der Waals surface area contributed by atoms with E-state index in [2.05, 4.69) is 13.8 Å². The van der Waals surface area contributed by atoms with Gasteiger partial charge in [-0.1, -0.05) is 20.3 Å². The van der Waals surface area contributed by atoms with Crippen LogP contribution in [0.2, 0.25) is 0 Å². The quantitative estimate of drug-likeness (QED) is 0.616. The number of ether oxygens (including phenoxy) is 1. The molecule has 2 nitrogen and oxygen atoms in total. The Kier molecular flexibility index (Phi) is 2.79. The second kappa shape index (κ2) is 4.24. The van der Waals surface area contributed by atoms with Crippen LogP contribution in [0.1, 0.15) is 71.6 Å². The van der Waals surface area contributed by atoms with Crippen LogP contribution in [0.4, 0.5) is 0 Å². The first kappa shape index (κ1) is 13.2. The predicted octanol–water partition coefficient (Wildman–Crippen LogP) is 4.32. The average molecular weight is 276 g/mol. The highest BCUT2D eigenvalue weighted by molar-refractivity contribution is 5.70. The molecule has 0 spiro atoms. The van der Waals surface area contributed by atoms with Crippen LogP contribution in [0.3, 0.4) is 0 Å². The Bertz CT molecular complexity index is 431. The SMILES string of the molecule is CC12CCCC1C1CCC3OC(=O)CCC3(C)C1CC2. The van der Waals surface area contributed by atoms with Crippen molar-refractivity contribution in [3.05, 3.63) is 0 Å². The summed E-state index contributed by atoms with van der Waals surface area (Å²) in [6.45, 7) is 4.98. The van der Waals surface area contributed by atoms with Crippen LogP contribution in [0, 0.1) is 28.6 Å². The predicted molar refractivity (Wildman–Crippen MR) is 78.1 cm³/mol. The molecule has 0 bridgehead atoms. The van der Waals surface area contributed by atoms with Crippen LogP contribution in [0.5, 0.6) is 0 Å². The molecule has 0 amide bonds. The van der Waals surface area contributed by atoms with Gasteiger partial charge in [0.1, 0.15) is 6.10 Å². The molecule has 0 aromatic heterocycles. The first-order valence-electron chi connectivity index (χ1n) is 8.72. The summed E-state index contributed by atoms with van der Waals surface area (Å²) in [6.07, 6.45) is 11.5. The van der Waals surface area contributed by atoms with E-state index in [0.717, 1.165) is 30.6 Å². The maximum atomic E-state index is 11.6. The van der Waals surface area contributed by atoms with Crippen molar-refractivity contribution in [1.29, 1.82) is 0 Å². The molecule has 0 aromatic rings. The first-order valence-corrected chi connectivity index (χ1v) is 8.72. The Morgan fingerprint density at radius 2 is 1.85 bits per heavy atom. The van der Waals surface area contributed by atoms with Crippen molar-refractivity contribution in [3.63, 3.8) is 0 Å². The smallest absolute Gasteiger partial charge is 0.306 e. The Hall–Kier alpha value is -0.530. The molecule has 3 aliphatic carbocycles. The zero-order valence-corrected chi connectivity index (χ0v) is 13.0. The van der Waals surface area contributed by atoms with Gasteiger partial charge in [-0.05, 0) is 68.1 Å². The number of hydrogen-bond donors (Lipinski definition) is 0. The largest absolute Gasteiger partial charge is 0.462 e. The van der Waals surface area contributed by atoms with Gasteiger partial charge in [-0.15, -0.1) is 0 Å². The Labute approximate surface area is 122 Å². The summed E-state index contributed by atoms with van der Waals surface area (Å²) >= 11 is 0. The molecule has 4 rings (SSSR count). The van der Waals surface area contributed by atoms with Gasteiger partial charge in [0.2, 0.25) is 0 Å². The van der Waals surface area contributed by atoms with Gasteiger partial charge in [-0.25, -0.2) is 0 Å². The highest BCUT2D eigenvalue weighted by Gasteiger charge is 2.58. The van der Waals surface area contributed by atoms with E-state index in [1.54, 1.807) is 0 Å². The Morgan fingerprint density at radius 3 is 2.70 bits per heavy atom. The molecule has 112 valence electrons. The molecule has 0 N–H and O–H groups in total. The van der Waals surface area contributed by atoms with Gasteiger partial charge in [-0.2, -0.15) is 0 Å². The minimum atomic E-state index is 0.0486. The molecule has 4 fully saturated rings. The second-order valence-electron chi connectivity index (χ2n) is 8.52. The summed E-state index contributed by atoms with van der Waals surface area (Å²) < 4.78 is 5.74. The van der Waals surface area contributed by atoms with E-state index in [4.69, 9.17) is 4.74 Å². The number of hydrogen-bond acceptors (Lipinski definition) is 2. The van der Waals surface area contributed by atoms with Crippen molar-refractivity contribution < 1.29 is 9.53 Å². The van der Waals surface area contributed by atoms with Crippen LogP contribution in [-0.4, -0.2) is 12.1 Å². The highest BCUT2D eigenvalue weighted by atomic mass is 16.5. The van der Waals surface area contributed by atoms with Gasteiger partial charge in [0.05, 0.1) is 0 Å². The van der Waals surface area contributed by atoms with E-state index < -0.39 is 0 Å². The molecule has 6 unspecified atom stereocenters. The lowest BCUT2D eigenvalue weighted by Crippen LogP contribution is -2.55. The Morgan fingerprint density at radius 1 is 1.00 bits per heavy atom. The minimum absolute atomic E-state index is 0.0486. The minimum Gasteiger partial charge on any atom is -0.462 e. The molecule has 0 radical (unpaired) electrons. The maximum absolute atomic E-state index is 11.6. The first-order chi connectivity index (χ1) is 9.53. The van der Waals surface area contributed by atoms with Gasteiger partial charge in [-0.3, -0.25) is 4.79 Å². The summed E-state index contributed by atoms with van der Waals surface area (Å²) in [5.74, 6) is 2.73. The summed E-state index contributed by atoms with van der Waals surface area (Å²) in [6, 6.07) is 0. The van der Waals surface area contributed by atoms with Crippen LogP contribution in [0.15, 0.2) is 0 Å². The number of carbonyl (C=O) groups excluding carboxylic acids is 1. The number of rotatable bonds is 0. The third-order valence-electron chi connectivity index (χ3n) is 7.70. The molecular weight excluding hydrogens is 248 g/mol. The standard InChI is InChI=1S/C18H28O2/c1-17-9-3-4-13(17)12-5-6-15-18(2,14(12)7-10-17)11-8-16(19)20-15/h12-15H,3-11H2,1-2H3. The molecule has 2 heteroatoms. The van der Waals surface area contributed by atoms with Crippen LogP contribution in [-0.2, 0) is 9.53 Å². The highest BCUT2D eigenvalue weighted by Crippen LogP contribution is 2.64. The normalized spacial score (nSPS) is 54.6. The molecule has 1 saturated heterocycles.